The number of nitrogens with one attached hydrogen (secondary N) is 1. The summed E-state index contributed by atoms with van der Waals surface area (Å²) in [5, 5.41) is 3.12. The zero-order valence-electron chi connectivity index (χ0n) is 14.6. The largest absolute Gasteiger partial charge is 0.489 e. The first-order chi connectivity index (χ1) is 13.6. The first-order valence-electron chi connectivity index (χ1n) is 8.37. The quantitative estimate of drug-likeness (QED) is 0.462. The Kier molecular flexibility index (Phi) is 4.94. The van der Waals surface area contributed by atoms with Crippen molar-refractivity contribution < 1.29 is 13.9 Å². The standard InChI is InChI=1S/C20H15BrN4O3/c21-13-1-3-14(4-2-13)24-20-25-16-10-15(5-6-18(16)28-20)27-11-12-7-8-23-17(9-12)19(22)26/h1-10H,11H2,(H2,22,26)(H,24,25). The number of hydrogen-bond donors (Lipinski definition) is 2. The fourth-order valence-corrected chi connectivity index (χ4v) is 2.84. The summed E-state index contributed by atoms with van der Waals surface area (Å²) in [5.41, 5.74) is 8.43. The summed E-state index contributed by atoms with van der Waals surface area (Å²) in [6.45, 7) is 0.274. The second-order valence-electron chi connectivity index (χ2n) is 5.98. The number of aromatic nitrogens is 2. The SMILES string of the molecule is NC(=O)c1cc(COc2ccc3oc(Nc4ccc(Br)cc4)nc3c2)ccn1. The summed E-state index contributed by atoms with van der Waals surface area (Å²) in [7, 11) is 0. The zero-order valence-corrected chi connectivity index (χ0v) is 16.1. The van der Waals surface area contributed by atoms with Gasteiger partial charge >= 0.3 is 0 Å². The molecule has 0 saturated carbocycles. The van der Waals surface area contributed by atoms with Crippen LogP contribution in [0.5, 0.6) is 5.75 Å². The lowest BCUT2D eigenvalue weighted by Gasteiger charge is -2.06. The molecule has 1 amide bonds. The minimum absolute atomic E-state index is 0.205. The Morgan fingerprint density at radius 1 is 1.14 bits per heavy atom. The first kappa shape index (κ1) is 18.0. The monoisotopic (exact) mass is 438 g/mol. The average molecular weight is 439 g/mol. The Bertz CT molecular complexity index is 1140. The van der Waals surface area contributed by atoms with E-state index in [-0.39, 0.29) is 12.3 Å². The van der Waals surface area contributed by atoms with Gasteiger partial charge in [-0.05, 0) is 54.1 Å². The van der Waals surface area contributed by atoms with Crippen LogP contribution < -0.4 is 15.8 Å². The molecule has 28 heavy (non-hydrogen) atoms. The third kappa shape index (κ3) is 4.12. The predicted octanol–water partition coefficient (Wildman–Crippen LogP) is 4.41. The maximum atomic E-state index is 11.2. The van der Waals surface area contributed by atoms with Gasteiger partial charge in [0.05, 0.1) is 0 Å². The molecule has 4 rings (SSSR count). The van der Waals surface area contributed by atoms with Gasteiger partial charge in [0.25, 0.3) is 11.9 Å². The average Bonchev–Trinajstić information content (AvgIpc) is 3.10. The molecule has 0 atom stereocenters. The van der Waals surface area contributed by atoms with Crippen molar-refractivity contribution >= 4 is 44.6 Å². The van der Waals surface area contributed by atoms with E-state index in [4.69, 9.17) is 14.9 Å². The zero-order chi connectivity index (χ0) is 19.5. The van der Waals surface area contributed by atoms with Crippen LogP contribution in [0.3, 0.4) is 0 Å². The molecular weight excluding hydrogens is 424 g/mol. The number of hydrogen-bond acceptors (Lipinski definition) is 6. The third-order valence-corrected chi connectivity index (χ3v) is 4.47. The third-order valence-electron chi connectivity index (χ3n) is 3.94. The van der Waals surface area contributed by atoms with Gasteiger partial charge in [0.2, 0.25) is 0 Å². The van der Waals surface area contributed by atoms with E-state index in [1.807, 2.05) is 24.3 Å². The maximum Gasteiger partial charge on any atom is 0.300 e. The summed E-state index contributed by atoms with van der Waals surface area (Å²) in [6, 6.07) is 16.9. The molecule has 0 aliphatic rings. The molecule has 2 aromatic heterocycles. The smallest absolute Gasteiger partial charge is 0.300 e. The normalized spacial score (nSPS) is 10.8. The van der Waals surface area contributed by atoms with Gasteiger partial charge in [-0.2, -0.15) is 4.98 Å². The molecule has 8 heteroatoms. The van der Waals surface area contributed by atoms with Gasteiger partial charge in [-0.1, -0.05) is 15.9 Å². The van der Waals surface area contributed by atoms with Crippen molar-refractivity contribution in [3.63, 3.8) is 0 Å². The summed E-state index contributed by atoms with van der Waals surface area (Å²) in [4.78, 5) is 19.6. The Morgan fingerprint density at radius 3 is 2.75 bits per heavy atom. The molecule has 0 saturated heterocycles. The molecular formula is C20H15BrN4O3. The molecule has 0 spiro atoms. The van der Waals surface area contributed by atoms with Crippen molar-refractivity contribution in [2.45, 2.75) is 6.61 Å². The van der Waals surface area contributed by atoms with E-state index < -0.39 is 5.91 Å². The van der Waals surface area contributed by atoms with Gasteiger partial charge in [-0.3, -0.25) is 9.78 Å². The lowest BCUT2D eigenvalue weighted by atomic mass is 10.2. The Balaban J connectivity index is 1.47. The van der Waals surface area contributed by atoms with Crippen LogP contribution in [-0.2, 0) is 6.61 Å². The molecule has 0 aliphatic heterocycles. The number of nitrogens with zero attached hydrogens (tertiary/aromatic N) is 2. The van der Waals surface area contributed by atoms with Crippen LogP contribution in [0.4, 0.5) is 11.7 Å². The number of halogens is 1. The van der Waals surface area contributed by atoms with E-state index in [0.29, 0.717) is 22.9 Å². The topological polar surface area (TPSA) is 103 Å². The number of oxazole rings is 1. The molecule has 2 aromatic carbocycles. The summed E-state index contributed by atoms with van der Waals surface area (Å²) in [5.74, 6) is 0.0603. The van der Waals surface area contributed by atoms with Crippen LogP contribution >= 0.6 is 15.9 Å². The minimum Gasteiger partial charge on any atom is -0.489 e. The number of amides is 1. The van der Waals surface area contributed by atoms with E-state index >= 15 is 0 Å². The van der Waals surface area contributed by atoms with E-state index in [1.54, 1.807) is 30.3 Å². The summed E-state index contributed by atoms with van der Waals surface area (Å²) >= 11 is 3.40. The van der Waals surface area contributed by atoms with Gasteiger partial charge in [0.15, 0.2) is 5.58 Å². The second kappa shape index (κ2) is 7.69. The Morgan fingerprint density at radius 2 is 1.96 bits per heavy atom. The molecule has 2 heterocycles. The van der Waals surface area contributed by atoms with E-state index in [1.165, 1.54) is 6.20 Å². The lowest BCUT2D eigenvalue weighted by molar-refractivity contribution is 0.0995. The molecule has 140 valence electrons. The molecule has 0 bridgehead atoms. The van der Waals surface area contributed by atoms with E-state index in [2.05, 4.69) is 31.2 Å². The van der Waals surface area contributed by atoms with Crippen LogP contribution in [0.25, 0.3) is 11.1 Å². The number of nitrogens with two attached hydrogens (primary N) is 1. The van der Waals surface area contributed by atoms with Crippen molar-refractivity contribution in [3.8, 4) is 5.75 Å². The maximum absolute atomic E-state index is 11.2. The molecule has 0 fully saturated rings. The van der Waals surface area contributed by atoms with E-state index in [0.717, 1.165) is 15.7 Å². The van der Waals surface area contributed by atoms with Gasteiger partial charge < -0.3 is 20.2 Å². The minimum atomic E-state index is -0.573. The van der Waals surface area contributed by atoms with Gasteiger partial charge in [-0.25, -0.2) is 0 Å². The highest BCUT2D eigenvalue weighted by Crippen LogP contribution is 2.26. The number of primary amides is 1. The van der Waals surface area contributed by atoms with Crippen LogP contribution in [0.15, 0.2) is 69.7 Å². The van der Waals surface area contributed by atoms with Gasteiger partial charge in [0.1, 0.15) is 23.6 Å². The van der Waals surface area contributed by atoms with Gasteiger partial charge in [0, 0.05) is 22.4 Å². The number of anilines is 2. The lowest BCUT2D eigenvalue weighted by Crippen LogP contribution is -2.13. The summed E-state index contributed by atoms with van der Waals surface area (Å²) < 4.78 is 12.5. The molecule has 7 nitrogen and oxygen atoms in total. The first-order valence-corrected chi connectivity index (χ1v) is 9.17. The number of fused-ring (bicyclic) bond motifs is 1. The number of benzene rings is 2. The highest BCUT2D eigenvalue weighted by molar-refractivity contribution is 9.10. The highest BCUT2D eigenvalue weighted by Gasteiger charge is 2.08. The number of rotatable bonds is 6. The highest BCUT2D eigenvalue weighted by atomic mass is 79.9. The van der Waals surface area contributed by atoms with Crippen molar-refractivity contribution in [1.82, 2.24) is 9.97 Å². The van der Waals surface area contributed by atoms with Crippen LogP contribution in [0.2, 0.25) is 0 Å². The van der Waals surface area contributed by atoms with Gasteiger partial charge in [-0.15, -0.1) is 0 Å². The van der Waals surface area contributed by atoms with Crippen molar-refractivity contribution in [2.75, 3.05) is 5.32 Å². The number of carbonyl (C=O) groups excluding carboxylic acids is 1. The Labute approximate surface area is 168 Å². The molecule has 0 radical (unpaired) electrons. The number of ether oxygens (including phenoxy) is 1. The molecule has 4 aromatic rings. The van der Waals surface area contributed by atoms with Crippen molar-refractivity contribution in [1.29, 1.82) is 0 Å². The molecule has 0 unspecified atom stereocenters. The van der Waals surface area contributed by atoms with Crippen LogP contribution in [0.1, 0.15) is 16.1 Å². The van der Waals surface area contributed by atoms with Crippen LogP contribution in [-0.4, -0.2) is 15.9 Å². The molecule has 3 N–H and O–H groups in total. The van der Waals surface area contributed by atoms with Crippen molar-refractivity contribution in [2.24, 2.45) is 5.73 Å². The number of carbonyl (C=O) groups is 1. The number of pyridine rings is 1. The summed E-state index contributed by atoms with van der Waals surface area (Å²) in [6.07, 6.45) is 1.53. The fraction of sp³-hybridized carbons (Fsp3) is 0.0500. The van der Waals surface area contributed by atoms with Crippen LogP contribution in [0, 0.1) is 0 Å². The van der Waals surface area contributed by atoms with Crippen molar-refractivity contribution in [3.05, 3.63) is 76.5 Å². The van der Waals surface area contributed by atoms with E-state index in [9.17, 15) is 4.79 Å². The molecule has 0 aliphatic carbocycles. The second-order valence-corrected chi connectivity index (χ2v) is 6.90. The Hall–Kier alpha value is -3.39. The predicted molar refractivity (Wildman–Crippen MR) is 109 cm³/mol. The fourth-order valence-electron chi connectivity index (χ4n) is 2.57.